The number of halogens is 3. The van der Waals surface area contributed by atoms with Gasteiger partial charge in [-0.15, -0.1) is 0 Å². The van der Waals surface area contributed by atoms with Crippen LogP contribution >= 0.6 is 0 Å². The summed E-state index contributed by atoms with van der Waals surface area (Å²) in [5.41, 5.74) is 1.19. The van der Waals surface area contributed by atoms with Crippen LogP contribution in [-0.4, -0.2) is 17.2 Å². The number of anilines is 2. The second kappa shape index (κ2) is 10.9. The standard InChI is InChI=1S/C27H22F3N3O4/c1-3-36-25-14-26(34)33(2)15-21(25)20-13-19(32-27(35)31-18-7-4-16(28)5-8-18)9-11-23(20)37-24-10-6-17(29)12-22(24)30/h4-15H,3H2,1-2H3,(H2,31,32,35). The Hall–Kier alpha value is -4.73. The first-order valence-electron chi connectivity index (χ1n) is 11.2. The minimum Gasteiger partial charge on any atom is -0.493 e. The molecule has 0 bridgehead atoms. The van der Waals surface area contributed by atoms with Crippen LogP contribution in [0.1, 0.15) is 6.92 Å². The third-order valence-corrected chi connectivity index (χ3v) is 5.23. The molecular formula is C27H22F3N3O4. The number of carbonyl (C=O) groups excluding carboxylic acids is 1. The zero-order valence-electron chi connectivity index (χ0n) is 19.8. The lowest BCUT2D eigenvalue weighted by atomic mass is 10.0. The van der Waals surface area contributed by atoms with Gasteiger partial charge in [0.05, 0.1) is 6.61 Å². The second-order valence-corrected chi connectivity index (χ2v) is 7.91. The normalized spacial score (nSPS) is 10.6. The van der Waals surface area contributed by atoms with Gasteiger partial charge in [-0.3, -0.25) is 4.79 Å². The average Bonchev–Trinajstić information content (AvgIpc) is 2.85. The minimum atomic E-state index is -0.905. The first-order valence-corrected chi connectivity index (χ1v) is 11.2. The Kier molecular flexibility index (Phi) is 7.47. The van der Waals surface area contributed by atoms with Crippen LogP contribution in [0.25, 0.3) is 11.1 Å². The highest BCUT2D eigenvalue weighted by molar-refractivity contribution is 6.00. The van der Waals surface area contributed by atoms with Crippen molar-refractivity contribution in [3.63, 3.8) is 0 Å². The number of urea groups is 1. The Labute approximate surface area is 210 Å². The zero-order chi connectivity index (χ0) is 26.5. The molecule has 0 unspecified atom stereocenters. The van der Waals surface area contributed by atoms with Crippen molar-refractivity contribution >= 4 is 17.4 Å². The fourth-order valence-electron chi connectivity index (χ4n) is 3.50. The molecule has 1 heterocycles. The number of amides is 2. The summed E-state index contributed by atoms with van der Waals surface area (Å²) >= 11 is 0. The predicted molar refractivity (Wildman–Crippen MR) is 134 cm³/mol. The molecule has 3 aromatic carbocycles. The summed E-state index contributed by atoms with van der Waals surface area (Å²) in [5.74, 6) is -1.91. The van der Waals surface area contributed by atoms with Gasteiger partial charge in [-0.1, -0.05) is 0 Å². The quantitative estimate of drug-likeness (QED) is 0.306. The van der Waals surface area contributed by atoms with E-state index in [0.29, 0.717) is 28.6 Å². The number of rotatable bonds is 7. The predicted octanol–water partition coefficient (Wildman–Crippen LogP) is 6.30. The van der Waals surface area contributed by atoms with E-state index >= 15 is 0 Å². The first kappa shape index (κ1) is 25.4. The van der Waals surface area contributed by atoms with Crippen molar-refractivity contribution in [1.82, 2.24) is 4.57 Å². The molecule has 0 saturated carbocycles. The van der Waals surface area contributed by atoms with Gasteiger partial charge in [-0.25, -0.2) is 18.0 Å². The number of ether oxygens (including phenoxy) is 2. The van der Waals surface area contributed by atoms with Crippen molar-refractivity contribution in [2.75, 3.05) is 17.2 Å². The molecule has 0 aliphatic heterocycles. The maximum absolute atomic E-state index is 14.3. The smallest absolute Gasteiger partial charge is 0.323 e. The number of hydrogen-bond donors (Lipinski definition) is 2. The Balaban J connectivity index is 1.74. The Morgan fingerprint density at radius 3 is 2.16 bits per heavy atom. The maximum atomic E-state index is 14.3. The molecule has 10 heteroatoms. The van der Waals surface area contributed by atoms with E-state index < -0.39 is 23.5 Å². The molecule has 4 rings (SSSR count). The van der Waals surface area contributed by atoms with Gasteiger partial charge < -0.3 is 24.7 Å². The molecule has 0 radical (unpaired) electrons. The summed E-state index contributed by atoms with van der Waals surface area (Å²) < 4.78 is 53.6. The maximum Gasteiger partial charge on any atom is 0.323 e. The molecule has 1 aromatic heterocycles. The van der Waals surface area contributed by atoms with E-state index in [-0.39, 0.29) is 29.4 Å². The van der Waals surface area contributed by atoms with E-state index in [9.17, 15) is 22.8 Å². The van der Waals surface area contributed by atoms with Crippen LogP contribution in [0.4, 0.5) is 29.3 Å². The van der Waals surface area contributed by atoms with Crippen molar-refractivity contribution in [3.8, 4) is 28.4 Å². The van der Waals surface area contributed by atoms with E-state index in [1.807, 2.05) is 0 Å². The largest absolute Gasteiger partial charge is 0.493 e. The van der Waals surface area contributed by atoms with Crippen LogP contribution in [0.15, 0.2) is 77.7 Å². The van der Waals surface area contributed by atoms with Crippen LogP contribution in [-0.2, 0) is 7.05 Å². The molecule has 0 atom stereocenters. The van der Waals surface area contributed by atoms with Crippen LogP contribution in [0.3, 0.4) is 0 Å². The van der Waals surface area contributed by atoms with Crippen LogP contribution in [0.2, 0.25) is 0 Å². The van der Waals surface area contributed by atoms with Gasteiger partial charge in [0.1, 0.15) is 23.1 Å². The Morgan fingerprint density at radius 1 is 0.811 bits per heavy atom. The van der Waals surface area contributed by atoms with Gasteiger partial charge in [-0.05, 0) is 61.5 Å². The highest BCUT2D eigenvalue weighted by Gasteiger charge is 2.18. The fraction of sp³-hybridized carbons (Fsp3) is 0.111. The SMILES string of the molecule is CCOc1cc(=O)n(C)cc1-c1cc(NC(=O)Nc2ccc(F)cc2)ccc1Oc1ccc(F)cc1F. The molecule has 0 spiro atoms. The van der Waals surface area contributed by atoms with Crippen molar-refractivity contribution < 1.29 is 27.4 Å². The zero-order valence-corrected chi connectivity index (χ0v) is 19.8. The summed E-state index contributed by atoms with van der Waals surface area (Å²) in [6, 6.07) is 13.4. The second-order valence-electron chi connectivity index (χ2n) is 7.91. The highest BCUT2D eigenvalue weighted by Crippen LogP contribution is 2.40. The number of hydrogen-bond acceptors (Lipinski definition) is 4. The van der Waals surface area contributed by atoms with Crippen LogP contribution in [0, 0.1) is 17.5 Å². The summed E-state index contributed by atoms with van der Waals surface area (Å²) in [6.45, 7) is 2.02. The molecule has 0 aliphatic rings. The van der Waals surface area contributed by atoms with E-state index in [4.69, 9.17) is 9.47 Å². The number of aryl methyl sites for hydroxylation is 1. The summed E-state index contributed by atoms with van der Waals surface area (Å²) in [4.78, 5) is 24.8. The number of aromatic nitrogens is 1. The Morgan fingerprint density at radius 2 is 1.46 bits per heavy atom. The number of pyridine rings is 1. The molecule has 4 aromatic rings. The van der Waals surface area contributed by atoms with Crippen molar-refractivity contribution in [1.29, 1.82) is 0 Å². The lowest BCUT2D eigenvalue weighted by Crippen LogP contribution is -2.19. The van der Waals surface area contributed by atoms with Crippen LogP contribution in [0.5, 0.6) is 17.2 Å². The van der Waals surface area contributed by atoms with E-state index in [0.717, 1.165) is 12.1 Å². The number of benzene rings is 3. The lowest BCUT2D eigenvalue weighted by Gasteiger charge is -2.17. The van der Waals surface area contributed by atoms with E-state index in [2.05, 4.69) is 10.6 Å². The van der Waals surface area contributed by atoms with Crippen LogP contribution < -0.4 is 25.7 Å². The molecule has 0 aliphatic carbocycles. The molecule has 190 valence electrons. The monoisotopic (exact) mass is 509 g/mol. The van der Waals surface area contributed by atoms with E-state index in [1.165, 1.54) is 53.2 Å². The number of nitrogens with one attached hydrogen (secondary N) is 2. The molecule has 0 saturated heterocycles. The van der Waals surface area contributed by atoms with Gasteiger partial charge in [0, 0.05) is 47.9 Å². The van der Waals surface area contributed by atoms with Gasteiger partial charge in [0.15, 0.2) is 11.6 Å². The van der Waals surface area contributed by atoms with Crippen molar-refractivity contribution in [2.45, 2.75) is 6.92 Å². The average molecular weight is 509 g/mol. The summed E-state index contributed by atoms with van der Waals surface area (Å²) in [7, 11) is 1.56. The highest BCUT2D eigenvalue weighted by atomic mass is 19.1. The molecule has 7 nitrogen and oxygen atoms in total. The van der Waals surface area contributed by atoms with Crippen molar-refractivity contribution in [2.24, 2.45) is 7.05 Å². The first-order chi connectivity index (χ1) is 17.7. The number of nitrogens with zero attached hydrogens (tertiary/aromatic N) is 1. The molecule has 37 heavy (non-hydrogen) atoms. The topological polar surface area (TPSA) is 81.6 Å². The fourth-order valence-corrected chi connectivity index (χ4v) is 3.50. The summed E-state index contributed by atoms with van der Waals surface area (Å²) in [5, 5.41) is 5.26. The van der Waals surface area contributed by atoms with Gasteiger partial charge in [-0.2, -0.15) is 0 Å². The lowest BCUT2D eigenvalue weighted by molar-refractivity contribution is 0.262. The minimum absolute atomic E-state index is 0.162. The van der Waals surface area contributed by atoms with Crippen molar-refractivity contribution in [3.05, 3.63) is 101 Å². The van der Waals surface area contributed by atoms with Gasteiger partial charge in [0.2, 0.25) is 0 Å². The molecule has 2 amide bonds. The van der Waals surface area contributed by atoms with Gasteiger partial charge in [0.25, 0.3) is 5.56 Å². The van der Waals surface area contributed by atoms with E-state index in [1.54, 1.807) is 20.0 Å². The van der Waals surface area contributed by atoms with Gasteiger partial charge >= 0.3 is 6.03 Å². The Bertz CT molecular complexity index is 1500. The molecule has 0 fully saturated rings. The summed E-state index contributed by atoms with van der Waals surface area (Å²) in [6.07, 6.45) is 1.53. The third kappa shape index (κ3) is 6.10. The third-order valence-electron chi connectivity index (χ3n) is 5.23. The molecule has 2 N–H and O–H groups in total. The number of carbonyl (C=O) groups is 1. The molecular weight excluding hydrogens is 487 g/mol.